The monoisotopic (exact) mass is 395 g/mol. The Labute approximate surface area is 165 Å². The lowest BCUT2D eigenvalue weighted by molar-refractivity contribution is -0.384. The van der Waals surface area contributed by atoms with Crippen LogP contribution in [0.3, 0.4) is 0 Å². The van der Waals surface area contributed by atoms with Crippen molar-refractivity contribution < 1.29 is 19.2 Å². The smallest absolute Gasteiger partial charge is 0.289 e. The number of amides is 1. The molecule has 3 rings (SSSR count). The Kier molecular flexibility index (Phi) is 5.83. The molecule has 1 aromatic heterocycles. The maximum atomic E-state index is 12.3. The first-order valence-corrected chi connectivity index (χ1v) is 8.37. The van der Waals surface area contributed by atoms with Gasteiger partial charge < -0.3 is 9.47 Å². The number of carbonyl (C=O) groups is 1. The molecule has 148 valence electrons. The van der Waals surface area contributed by atoms with E-state index in [2.05, 4.69) is 20.7 Å². The van der Waals surface area contributed by atoms with Gasteiger partial charge in [-0.3, -0.25) is 20.0 Å². The number of nitrogens with one attached hydrogen (secondary N) is 2. The van der Waals surface area contributed by atoms with Gasteiger partial charge in [0.1, 0.15) is 17.2 Å². The van der Waals surface area contributed by atoms with Crippen LogP contribution in [-0.4, -0.2) is 41.5 Å². The summed E-state index contributed by atoms with van der Waals surface area (Å²) in [7, 11) is 3.09. The molecule has 10 nitrogen and oxygen atoms in total. The fourth-order valence-corrected chi connectivity index (χ4v) is 2.53. The normalized spacial score (nSPS) is 10.7. The molecule has 29 heavy (non-hydrogen) atoms. The van der Waals surface area contributed by atoms with Gasteiger partial charge in [0, 0.05) is 23.3 Å². The summed E-state index contributed by atoms with van der Waals surface area (Å²) in [6.45, 7) is 0. The first-order valence-electron chi connectivity index (χ1n) is 8.37. The highest BCUT2D eigenvalue weighted by Crippen LogP contribution is 2.32. The number of aromatic amines is 1. The summed E-state index contributed by atoms with van der Waals surface area (Å²) in [5.41, 5.74) is 4.09. The summed E-state index contributed by atoms with van der Waals surface area (Å²) in [6, 6.07) is 12.7. The van der Waals surface area contributed by atoms with Gasteiger partial charge in [-0.15, -0.1) is 0 Å². The molecule has 2 N–H and O–H groups in total. The zero-order valence-corrected chi connectivity index (χ0v) is 15.6. The van der Waals surface area contributed by atoms with Crippen molar-refractivity contribution in [1.29, 1.82) is 0 Å². The number of hydrogen-bond donors (Lipinski definition) is 2. The van der Waals surface area contributed by atoms with E-state index in [1.165, 1.54) is 31.5 Å². The molecule has 0 radical (unpaired) electrons. The largest absolute Gasteiger partial charge is 0.497 e. The van der Waals surface area contributed by atoms with Gasteiger partial charge in [0.15, 0.2) is 0 Å². The van der Waals surface area contributed by atoms with Crippen LogP contribution in [0.1, 0.15) is 16.1 Å². The number of nitrogens with zero attached hydrogens (tertiary/aromatic N) is 3. The van der Waals surface area contributed by atoms with Crippen molar-refractivity contribution in [2.45, 2.75) is 0 Å². The Balaban J connectivity index is 1.73. The molecule has 3 aromatic rings. The van der Waals surface area contributed by atoms with E-state index < -0.39 is 10.8 Å². The molecule has 0 aliphatic carbocycles. The third kappa shape index (κ3) is 4.56. The van der Waals surface area contributed by atoms with Gasteiger partial charge in [-0.25, -0.2) is 5.43 Å². The van der Waals surface area contributed by atoms with Crippen LogP contribution in [0.4, 0.5) is 5.69 Å². The fourth-order valence-electron chi connectivity index (χ4n) is 2.53. The minimum atomic E-state index is -0.521. The summed E-state index contributed by atoms with van der Waals surface area (Å²) < 4.78 is 10.5. The van der Waals surface area contributed by atoms with Crippen LogP contribution in [0.5, 0.6) is 11.5 Å². The Bertz CT molecular complexity index is 1080. The Morgan fingerprint density at radius 2 is 2.03 bits per heavy atom. The number of methoxy groups -OCH3 is 2. The lowest BCUT2D eigenvalue weighted by Gasteiger charge is -2.08. The number of non-ortho nitro benzene ring substituents is 1. The van der Waals surface area contributed by atoms with Gasteiger partial charge in [-0.05, 0) is 24.3 Å². The van der Waals surface area contributed by atoms with Crippen LogP contribution in [-0.2, 0) is 0 Å². The van der Waals surface area contributed by atoms with Crippen molar-refractivity contribution >= 4 is 17.8 Å². The van der Waals surface area contributed by atoms with Crippen LogP contribution in [0.25, 0.3) is 11.3 Å². The van der Waals surface area contributed by atoms with Gasteiger partial charge in [-0.1, -0.05) is 12.1 Å². The third-order valence-corrected chi connectivity index (χ3v) is 3.97. The predicted molar refractivity (Wildman–Crippen MR) is 105 cm³/mol. The molecule has 2 aromatic carbocycles. The second kappa shape index (κ2) is 8.65. The standard InChI is InChI=1S/C19H17N5O5/c1-28-14-6-7-18(29-2)15(9-14)16-10-17(22-21-16)19(25)23-20-11-12-4-3-5-13(8-12)24(26)27/h3-11H,1-2H3,(H,21,22)(H,23,25). The molecule has 0 fully saturated rings. The molecule has 0 aliphatic heterocycles. The second-order valence-corrected chi connectivity index (χ2v) is 5.78. The number of ether oxygens (including phenoxy) is 2. The van der Waals surface area contributed by atoms with Crippen molar-refractivity contribution in [3.63, 3.8) is 0 Å². The van der Waals surface area contributed by atoms with Crippen molar-refractivity contribution in [2.75, 3.05) is 14.2 Å². The average Bonchev–Trinajstić information content (AvgIpc) is 3.23. The van der Waals surface area contributed by atoms with E-state index >= 15 is 0 Å². The maximum Gasteiger partial charge on any atom is 0.289 e. The average molecular weight is 395 g/mol. The summed E-state index contributed by atoms with van der Waals surface area (Å²) in [5, 5.41) is 21.4. The number of nitro groups is 1. The zero-order valence-electron chi connectivity index (χ0n) is 15.6. The number of hydrogen-bond acceptors (Lipinski definition) is 7. The van der Waals surface area contributed by atoms with E-state index in [0.29, 0.717) is 28.3 Å². The second-order valence-electron chi connectivity index (χ2n) is 5.78. The molecule has 0 saturated heterocycles. The molecular weight excluding hydrogens is 378 g/mol. The third-order valence-electron chi connectivity index (χ3n) is 3.97. The van der Waals surface area contributed by atoms with E-state index in [4.69, 9.17) is 9.47 Å². The number of H-pyrrole nitrogens is 1. The Hall–Kier alpha value is -4.21. The van der Waals surface area contributed by atoms with E-state index in [1.54, 1.807) is 37.4 Å². The molecule has 1 heterocycles. The highest BCUT2D eigenvalue weighted by Gasteiger charge is 2.14. The van der Waals surface area contributed by atoms with Gasteiger partial charge in [0.05, 0.1) is 31.1 Å². The molecule has 0 atom stereocenters. The SMILES string of the molecule is COc1ccc(OC)c(-c2cc(C(=O)NN=Cc3cccc([N+](=O)[O-])c3)[nH]n2)c1. The van der Waals surface area contributed by atoms with Crippen molar-refractivity contribution in [3.05, 3.63) is 69.9 Å². The molecule has 0 aliphatic rings. The maximum absolute atomic E-state index is 12.3. The van der Waals surface area contributed by atoms with Crippen LogP contribution in [0.15, 0.2) is 53.6 Å². The minimum absolute atomic E-state index is 0.0641. The molecule has 0 bridgehead atoms. The highest BCUT2D eigenvalue weighted by atomic mass is 16.6. The molecular formula is C19H17N5O5. The number of rotatable bonds is 7. The molecule has 0 unspecified atom stereocenters. The molecule has 0 spiro atoms. The summed E-state index contributed by atoms with van der Waals surface area (Å²) >= 11 is 0. The van der Waals surface area contributed by atoms with Gasteiger partial charge in [0.25, 0.3) is 11.6 Å². The Morgan fingerprint density at radius 1 is 1.21 bits per heavy atom. The lowest BCUT2D eigenvalue weighted by Crippen LogP contribution is -2.18. The van der Waals surface area contributed by atoms with Gasteiger partial charge in [-0.2, -0.15) is 10.2 Å². The molecule has 10 heteroatoms. The summed E-state index contributed by atoms with van der Waals surface area (Å²) in [4.78, 5) is 22.6. The topological polar surface area (TPSA) is 132 Å². The van der Waals surface area contributed by atoms with Crippen LogP contribution < -0.4 is 14.9 Å². The van der Waals surface area contributed by atoms with Crippen molar-refractivity contribution in [3.8, 4) is 22.8 Å². The van der Waals surface area contributed by atoms with Crippen molar-refractivity contribution in [1.82, 2.24) is 15.6 Å². The predicted octanol–water partition coefficient (Wildman–Crippen LogP) is 2.77. The number of aromatic nitrogens is 2. The number of benzene rings is 2. The van der Waals surface area contributed by atoms with E-state index in [0.717, 1.165) is 0 Å². The lowest BCUT2D eigenvalue weighted by atomic mass is 10.1. The van der Waals surface area contributed by atoms with Crippen LogP contribution in [0.2, 0.25) is 0 Å². The highest BCUT2D eigenvalue weighted by molar-refractivity contribution is 5.94. The van der Waals surface area contributed by atoms with Crippen LogP contribution in [0, 0.1) is 10.1 Å². The summed E-state index contributed by atoms with van der Waals surface area (Å²) in [5.74, 6) is 0.677. The Morgan fingerprint density at radius 3 is 2.76 bits per heavy atom. The zero-order chi connectivity index (χ0) is 20.8. The molecule has 0 saturated carbocycles. The van der Waals surface area contributed by atoms with E-state index in [9.17, 15) is 14.9 Å². The number of nitro benzene ring substituents is 1. The summed E-state index contributed by atoms with van der Waals surface area (Å²) in [6.07, 6.45) is 1.31. The van der Waals surface area contributed by atoms with Gasteiger partial charge in [0.2, 0.25) is 0 Å². The van der Waals surface area contributed by atoms with Crippen molar-refractivity contribution in [2.24, 2.45) is 5.10 Å². The van der Waals surface area contributed by atoms with Crippen LogP contribution >= 0.6 is 0 Å². The number of carbonyl (C=O) groups excluding carboxylic acids is 1. The minimum Gasteiger partial charge on any atom is -0.497 e. The van der Waals surface area contributed by atoms with Gasteiger partial charge >= 0.3 is 0 Å². The quantitative estimate of drug-likeness (QED) is 0.359. The number of hydrazone groups is 1. The van der Waals surface area contributed by atoms with E-state index in [-0.39, 0.29) is 11.4 Å². The van der Waals surface area contributed by atoms with E-state index in [1.807, 2.05) is 0 Å². The fraction of sp³-hybridized carbons (Fsp3) is 0.105. The first kappa shape index (κ1) is 19.5. The molecule has 1 amide bonds. The first-order chi connectivity index (χ1) is 14.0.